The summed E-state index contributed by atoms with van der Waals surface area (Å²) in [5, 5.41) is 9.29. The Morgan fingerprint density at radius 1 is 1.27 bits per heavy atom. The Morgan fingerprint density at radius 3 is 2.64 bits per heavy atom. The lowest BCUT2D eigenvalue weighted by molar-refractivity contribution is 0.0476. The van der Waals surface area contributed by atoms with E-state index in [1.165, 1.54) is 18.4 Å². The smallest absolute Gasteiger partial charge is 0.407 e. The van der Waals surface area contributed by atoms with Crippen molar-refractivity contribution in [3.05, 3.63) is 23.9 Å². The average molecular weight is 302 g/mol. The molecule has 3 aliphatic rings. The molecule has 1 amide bonds. The van der Waals surface area contributed by atoms with Crippen molar-refractivity contribution < 1.29 is 14.6 Å². The van der Waals surface area contributed by atoms with E-state index in [0.29, 0.717) is 5.88 Å². The van der Waals surface area contributed by atoms with E-state index in [1.54, 1.807) is 4.90 Å². The van der Waals surface area contributed by atoms with Crippen molar-refractivity contribution in [2.75, 3.05) is 0 Å². The van der Waals surface area contributed by atoms with Gasteiger partial charge in [-0.05, 0) is 49.7 Å². The van der Waals surface area contributed by atoms with Crippen LogP contribution in [0.1, 0.15) is 44.1 Å². The van der Waals surface area contributed by atoms with Crippen molar-refractivity contribution in [1.29, 1.82) is 0 Å². The maximum Gasteiger partial charge on any atom is 0.407 e. The van der Waals surface area contributed by atoms with Crippen molar-refractivity contribution in [3.63, 3.8) is 0 Å². The van der Waals surface area contributed by atoms with Crippen LogP contribution in [0.25, 0.3) is 0 Å². The Labute approximate surface area is 130 Å². The number of ether oxygens (including phenoxy) is 1. The van der Waals surface area contributed by atoms with Gasteiger partial charge >= 0.3 is 6.09 Å². The molecule has 4 rings (SSSR count). The molecule has 0 spiro atoms. The zero-order valence-corrected chi connectivity index (χ0v) is 12.6. The summed E-state index contributed by atoms with van der Waals surface area (Å²) in [7, 11) is 0. The van der Waals surface area contributed by atoms with Crippen molar-refractivity contribution in [1.82, 2.24) is 9.88 Å². The fourth-order valence-electron chi connectivity index (χ4n) is 4.00. The number of fused-ring (bicyclic) bond motifs is 2. The van der Waals surface area contributed by atoms with Crippen molar-refractivity contribution in [2.45, 2.75) is 63.1 Å². The van der Waals surface area contributed by atoms with Gasteiger partial charge in [-0.2, -0.15) is 0 Å². The van der Waals surface area contributed by atoms with Gasteiger partial charge in [0.15, 0.2) is 0 Å². The quantitative estimate of drug-likeness (QED) is 0.928. The van der Waals surface area contributed by atoms with Gasteiger partial charge in [-0.25, -0.2) is 9.78 Å². The van der Waals surface area contributed by atoms with E-state index in [2.05, 4.69) is 17.1 Å². The van der Waals surface area contributed by atoms with Gasteiger partial charge in [-0.3, -0.25) is 0 Å². The summed E-state index contributed by atoms with van der Waals surface area (Å²) in [6, 6.07) is 4.37. The Balaban J connectivity index is 1.41. The first-order valence-electron chi connectivity index (χ1n) is 8.32. The van der Waals surface area contributed by atoms with Crippen LogP contribution in [-0.4, -0.2) is 39.3 Å². The third-order valence-electron chi connectivity index (χ3n) is 5.22. The monoisotopic (exact) mass is 302 g/mol. The molecule has 0 aromatic carbocycles. The lowest BCUT2D eigenvalue weighted by atomic mass is 10.0. The maximum atomic E-state index is 11.3. The van der Waals surface area contributed by atoms with Gasteiger partial charge in [-0.15, -0.1) is 0 Å². The van der Waals surface area contributed by atoms with E-state index in [9.17, 15) is 9.90 Å². The molecule has 5 nitrogen and oxygen atoms in total. The van der Waals surface area contributed by atoms with Crippen molar-refractivity contribution in [2.24, 2.45) is 5.92 Å². The average Bonchev–Trinajstić information content (AvgIpc) is 3.23. The van der Waals surface area contributed by atoms with E-state index in [0.717, 1.165) is 38.0 Å². The zero-order chi connectivity index (χ0) is 15.1. The fraction of sp³-hybridized carbons (Fsp3) is 0.647. The minimum atomic E-state index is -0.782. The topological polar surface area (TPSA) is 62.7 Å². The molecule has 2 saturated heterocycles. The van der Waals surface area contributed by atoms with Gasteiger partial charge in [0.05, 0.1) is 0 Å². The number of amides is 1. The number of hydrogen-bond donors (Lipinski definition) is 1. The number of rotatable bonds is 4. The fourth-order valence-corrected chi connectivity index (χ4v) is 4.00. The summed E-state index contributed by atoms with van der Waals surface area (Å²) in [5.41, 5.74) is 1.30. The number of aromatic nitrogens is 1. The standard InChI is InChI=1S/C17H22N2O3/c20-17(21)19-13-3-4-14(19)10-15(9-13)22-16-8-12(5-6-18-16)7-11-1-2-11/h5-6,8,11,13-15H,1-4,7,9-10H2,(H,20,21). The molecule has 1 aromatic heterocycles. The van der Waals surface area contributed by atoms with Crippen LogP contribution in [-0.2, 0) is 6.42 Å². The van der Waals surface area contributed by atoms with E-state index in [4.69, 9.17) is 4.74 Å². The van der Waals surface area contributed by atoms with Crippen LogP contribution in [0, 0.1) is 5.92 Å². The molecule has 3 heterocycles. The molecule has 1 N–H and O–H groups in total. The summed E-state index contributed by atoms with van der Waals surface area (Å²) in [6.45, 7) is 0. The summed E-state index contributed by atoms with van der Waals surface area (Å²) in [4.78, 5) is 17.3. The molecule has 1 aromatic rings. The highest BCUT2D eigenvalue weighted by Gasteiger charge is 2.44. The first-order valence-corrected chi connectivity index (χ1v) is 8.32. The molecule has 22 heavy (non-hydrogen) atoms. The van der Waals surface area contributed by atoms with Crippen LogP contribution in [0.5, 0.6) is 5.88 Å². The molecule has 118 valence electrons. The minimum Gasteiger partial charge on any atom is -0.474 e. The molecule has 2 bridgehead atoms. The number of piperidine rings is 1. The van der Waals surface area contributed by atoms with Crippen LogP contribution in [0.15, 0.2) is 18.3 Å². The van der Waals surface area contributed by atoms with Crippen LogP contribution < -0.4 is 4.74 Å². The highest BCUT2D eigenvalue weighted by atomic mass is 16.5. The largest absolute Gasteiger partial charge is 0.474 e. The number of pyridine rings is 1. The van der Waals surface area contributed by atoms with Gasteiger partial charge < -0.3 is 14.7 Å². The molecular weight excluding hydrogens is 280 g/mol. The summed E-state index contributed by atoms with van der Waals surface area (Å²) < 4.78 is 6.08. The van der Waals surface area contributed by atoms with E-state index in [-0.39, 0.29) is 18.2 Å². The van der Waals surface area contributed by atoms with Crippen LogP contribution in [0.4, 0.5) is 4.79 Å². The Morgan fingerprint density at radius 2 is 2.00 bits per heavy atom. The van der Waals surface area contributed by atoms with Gasteiger partial charge in [0.2, 0.25) is 5.88 Å². The highest BCUT2D eigenvalue weighted by molar-refractivity contribution is 5.66. The molecule has 5 heteroatoms. The molecule has 1 aliphatic carbocycles. The molecule has 2 unspecified atom stereocenters. The first-order chi connectivity index (χ1) is 10.7. The predicted octanol–water partition coefficient (Wildman–Crippen LogP) is 3.09. The Kier molecular flexibility index (Phi) is 3.43. The van der Waals surface area contributed by atoms with E-state index >= 15 is 0 Å². The Bertz CT molecular complexity index is 559. The molecule has 2 aliphatic heterocycles. The lowest BCUT2D eigenvalue weighted by Gasteiger charge is -2.36. The second-order valence-electron chi connectivity index (χ2n) is 6.94. The first kappa shape index (κ1) is 13.9. The zero-order valence-electron chi connectivity index (χ0n) is 12.6. The summed E-state index contributed by atoms with van der Waals surface area (Å²) in [6.07, 6.45) is 8.46. The number of carboxylic acid groups (broad SMARTS) is 1. The van der Waals surface area contributed by atoms with Crippen LogP contribution >= 0.6 is 0 Å². The lowest BCUT2D eigenvalue weighted by Crippen LogP contribution is -2.48. The van der Waals surface area contributed by atoms with Gasteiger partial charge in [-0.1, -0.05) is 0 Å². The molecule has 0 radical (unpaired) electrons. The summed E-state index contributed by atoms with van der Waals surface area (Å²) >= 11 is 0. The van der Waals surface area contributed by atoms with E-state index < -0.39 is 6.09 Å². The third-order valence-corrected chi connectivity index (χ3v) is 5.22. The molecule has 3 fully saturated rings. The molecular formula is C17H22N2O3. The maximum absolute atomic E-state index is 11.3. The third kappa shape index (κ3) is 2.76. The SMILES string of the molecule is O=C(O)N1C2CCC1CC(Oc1cc(CC3CC3)ccn1)C2. The second kappa shape index (κ2) is 5.45. The molecule has 2 atom stereocenters. The summed E-state index contributed by atoms with van der Waals surface area (Å²) in [5.74, 6) is 1.55. The van der Waals surface area contributed by atoms with Gasteiger partial charge in [0, 0.05) is 37.2 Å². The number of carbonyl (C=O) groups is 1. The van der Waals surface area contributed by atoms with Gasteiger partial charge in [0.25, 0.3) is 0 Å². The van der Waals surface area contributed by atoms with Gasteiger partial charge in [0.1, 0.15) is 6.10 Å². The van der Waals surface area contributed by atoms with Crippen LogP contribution in [0.3, 0.4) is 0 Å². The highest BCUT2D eigenvalue weighted by Crippen LogP contribution is 2.37. The van der Waals surface area contributed by atoms with E-state index in [1.807, 2.05) is 6.20 Å². The predicted molar refractivity (Wildman–Crippen MR) is 81.0 cm³/mol. The van der Waals surface area contributed by atoms with Crippen molar-refractivity contribution in [3.8, 4) is 5.88 Å². The minimum absolute atomic E-state index is 0.0942. The number of nitrogens with zero attached hydrogens (tertiary/aromatic N) is 2. The number of hydrogen-bond acceptors (Lipinski definition) is 3. The van der Waals surface area contributed by atoms with Crippen LogP contribution in [0.2, 0.25) is 0 Å². The Hall–Kier alpha value is -1.78. The second-order valence-corrected chi connectivity index (χ2v) is 6.94. The van der Waals surface area contributed by atoms with Crippen molar-refractivity contribution >= 4 is 6.09 Å². The molecule has 1 saturated carbocycles. The normalized spacial score (nSPS) is 30.4.